The van der Waals surface area contributed by atoms with Gasteiger partial charge < -0.3 is 9.29 Å². The summed E-state index contributed by atoms with van der Waals surface area (Å²) < 4.78 is 21.1. The Morgan fingerprint density at radius 1 is 1.10 bits per heavy atom. The van der Waals surface area contributed by atoms with Crippen LogP contribution in [0.3, 0.4) is 0 Å². The second-order valence-corrected chi connectivity index (χ2v) is 7.28. The molecular weight excluding hydrogens is 286 g/mol. The fourth-order valence-corrected chi connectivity index (χ4v) is 1.90. The summed E-state index contributed by atoms with van der Waals surface area (Å²) in [5.74, 6) is 1.26. The average Bonchev–Trinajstić information content (AvgIpc) is 2.46. The molecule has 1 aromatic carbocycles. The van der Waals surface area contributed by atoms with Crippen LogP contribution in [0.2, 0.25) is 0 Å². The van der Waals surface area contributed by atoms with Gasteiger partial charge in [0, 0.05) is 0 Å². The van der Waals surface area contributed by atoms with Gasteiger partial charge in [-0.05, 0) is 50.6 Å². The zero-order valence-corrected chi connectivity index (χ0v) is 13.0. The molecule has 2 aromatic rings. The monoisotopic (exact) mass is 303 g/mol. The van der Waals surface area contributed by atoms with Crippen molar-refractivity contribution in [3.63, 3.8) is 0 Å². The van der Waals surface area contributed by atoms with Gasteiger partial charge in [0.15, 0.2) is 5.75 Å². The van der Waals surface area contributed by atoms with Crippen molar-refractivity contribution in [2.45, 2.75) is 25.5 Å². The maximum Gasteiger partial charge on any atom is 0.163 e. The Hall–Kier alpha value is -1.92. The summed E-state index contributed by atoms with van der Waals surface area (Å²) in [6.45, 7) is 5.66. The van der Waals surface area contributed by atoms with Crippen LogP contribution < -0.4 is 4.74 Å². The van der Waals surface area contributed by atoms with Crippen molar-refractivity contribution in [2.24, 2.45) is 4.40 Å². The summed E-state index contributed by atoms with van der Waals surface area (Å²) >= 11 is -1.25. The molecular formula is C15H17N3O2S. The smallest absolute Gasteiger partial charge is 0.163 e. The molecule has 1 heterocycles. The van der Waals surface area contributed by atoms with E-state index in [4.69, 9.17) is 4.74 Å². The third-order valence-electron chi connectivity index (χ3n) is 2.47. The van der Waals surface area contributed by atoms with Gasteiger partial charge in [0.1, 0.15) is 28.2 Å². The predicted molar refractivity (Wildman–Crippen MR) is 84.0 cm³/mol. The third-order valence-corrected chi connectivity index (χ3v) is 3.82. The summed E-state index contributed by atoms with van der Waals surface area (Å²) in [7, 11) is 0. The number of hydrogen-bond donors (Lipinski definition) is 0. The van der Waals surface area contributed by atoms with Crippen LogP contribution in [0.5, 0.6) is 11.5 Å². The Morgan fingerprint density at radius 2 is 1.71 bits per heavy atom. The van der Waals surface area contributed by atoms with Crippen molar-refractivity contribution in [3.05, 3.63) is 48.5 Å². The Labute approximate surface area is 127 Å². The predicted octanol–water partition coefficient (Wildman–Crippen LogP) is 3.15. The summed E-state index contributed by atoms with van der Waals surface area (Å²) in [4.78, 5) is 7.76. The number of hydrogen-bond acceptors (Lipinski definition) is 5. The minimum absolute atomic E-state index is 0.354. The Bertz CT molecular complexity index is 595. The third kappa shape index (κ3) is 4.84. The molecule has 0 spiro atoms. The first-order chi connectivity index (χ1) is 9.95. The lowest BCUT2D eigenvalue weighted by atomic mass is 10.2. The first-order valence-corrected chi connectivity index (χ1v) is 7.55. The molecule has 1 aromatic heterocycles. The van der Waals surface area contributed by atoms with Crippen molar-refractivity contribution < 1.29 is 9.29 Å². The second-order valence-electron chi connectivity index (χ2n) is 5.34. The van der Waals surface area contributed by atoms with Crippen LogP contribution in [0, 0.1) is 0 Å². The lowest BCUT2D eigenvalue weighted by molar-refractivity contribution is 0.477. The summed E-state index contributed by atoms with van der Waals surface area (Å²) in [6, 6.07) is 7.33. The molecule has 0 fully saturated rings. The minimum atomic E-state index is -1.25. The van der Waals surface area contributed by atoms with Crippen LogP contribution in [-0.4, -0.2) is 25.5 Å². The van der Waals surface area contributed by atoms with Crippen molar-refractivity contribution in [2.75, 3.05) is 0 Å². The van der Waals surface area contributed by atoms with E-state index in [0.29, 0.717) is 11.5 Å². The quantitative estimate of drug-likeness (QED) is 0.642. The molecule has 0 amide bonds. The number of benzene rings is 1. The van der Waals surface area contributed by atoms with E-state index in [1.807, 2.05) is 45.0 Å². The van der Waals surface area contributed by atoms with Gasteiger partial charge in [0.25, 0.3) is 0 Å². The highest BCUT2D eigenvalue weighted by atomic mass is 32.2. The van der Waals surface area contributed by atoms with Gasteiger partial charge >= 0.3 is 0 Å². The van der Waals surface area contributed by atoms with Gasteiger partial charge in [0.2, 0.25) is 0 Å². The molecule has 21 heavy (non-hydrogen) atoms. The van der Waals surface area contributed by atoms with E-state index in [2.05, 4.69) is 14.4 Å². The van der Waals surface area contributed by atoms with E-state index in [9.17, 15) is 4.55 Å². The van der Waals surface area contributed by atoms with E-state index in [0.717, 1.165) is 5.56 Å². The number of nitrogens with zero attached hydrogens (tertiary/aromatic N) is 3. The topological polar surface area (TPSA) is 70.4 Å². The van der Waals surface area contributed by atoms with E-state index in [1.54, 1.807) is 18.6 Å². The molecule has 1 atom stereocenters. The highest BCUT2D eigenvalue weighted by Gasteiger charge is 2.25. The van der Waals surface area contributed by atoms with Gasteiger partial charge in [0.05, 0.1) is 18.6 Å². The summed E-state index contributed by atoms with van der Waals surface area (Å²) in [6.07, 6.45) is 6.24. The van der Waals surface area contributed by atoms with Crippen LogP contribution in [0.15, 0.2) is 47.4 Å². The Kier molecular flexibility index (Phi) is 4.93. The normalized spacial score (nSPS) is 13.3. The zero-order valence-electron chi connectivity index (χ0n) is 12.2. The molecule has 6 heteroatoms. The van der Waals surface area contributed by atoms with E-state index < -0.39 is 11.4 Å². The van der Waals surface area contributed by atoms with Crippen molar-refractivity contribution in [1.29, 1.82) is 0 Å². The van der Waals surface area contributed by atoms with Gasteiger partial charge in [-0.1, -0.05) is 4.40 Å². The zero-order chi connectivity index (χ0) is 15.3. The molecule has 0 saturated heterocycles. The Balaban J connectivity index is 2.01. The summed E-state index contributed by atoms with van der Waals surface area (Å²) in [5.41, 5.74) is 0.865. The van der Waals surface area contributed by atoms with Gasteiger partial charge in [-0.2, -0.15) is 0 Å². The molecule has 0 saturated carbocycles. The lowest BCUT2D eigenvalue weighted by Gasteiger charge is -2.17. The number of ether oxygens (including phenoxy) is 1. The Morgan fingerprint density at radius 3 is 2.29 bits per heavy atom. The molecule has 1 unspecified atom stereocenters. The maximum atomic E-state index is 11.8. The lowest BCUT2D eigenvalue weighted by Crippen LogP contribution is -2.25. The van der Waals surface area contributed by atoms with Crippen LogP contribution in [0.4, 0.5) is 0 Å². The molecule has 2 rings (SSSR count). The highest BCUT2D eigenvalue weighted by molar-refractivity contribution is 7.91. The standard InChI is InChI=1S/C15H17N3O2S/c1-15(2,3)21(19)18-8-12-4-6-13(7-5-12)20-14-9-16-11-17-10-14/h4-11H,1-3H3/b18-8+. The van der Waals surface area contributed by atoms with E-state index >= 15 is 0 Å². The van der Waals surface area contributed by atoms with Crippen LogP contribution in [0.1, 0.15) is 26.3 Å². The molecule has 0 aliphatic heterocycles. The largest absolute Gasteiger partial charge is 0.591 e. The van der Waals surface area contributed by atoms with E-state index in [-0.39, 0.29) is 4.75 Å². The van der Waals surface area contributed by atoms with Crippen molar-refractivity contribution >= 4 is 17.6 Å². The molecule has 110 valence electrons. The van der Waals surface area contributed by atoms with Crippen LogP contribution >= 0.6 is 0 Å². The SMILES string of the molecule is CC(C)(C)[S+]([O-])/N=C/c1ccc(Oc2cncnc2)cc1. The molecule has 5 nitrogen and oxygen atoms in total. The molecule has 0 radical (unpaired) electrons. The first-order valence-electron chi connectivity index (χ1n) is 6.44. The van der Waals surface area contributed by atoms with Gasteiger partial charge in [-0.25, -0.2) is 9.97 Å². The fourth-order valence-electron chi connectivity index (χ4n) is 1.36. The minimum Gasteiger partial charge on any atom is -0.591 e. The second kappa shape index (κ2) is 6.69. The van der Waals surface area contributed by atoms with Gasteiger partial charge in [-0.3, -0.25) is 0 Å². The highest BCUT2D eigenvalue weighted by Crippen LogP contribution is 2.20. The summed E-state index contributed by atoms with van der Waals surface area (Å²) in [5, 5.41) is 0. The van der Waals surface area contributed by atoms with Crippen LogP contribution in [0.25, 0.3) is 0 Å². The van der Waals surface area contributed by atoms with Crippen LogP contribution in [-0.2, 0) is 11.4 Å². The van der Waals surface area contributed by atoms with Crippen molar-refractivity contribution in [3.8, 4) is 11.5 Å². The van der Waals surface area contributed by atoms with Crippen molar-refractivity contribution in [1.82, 2.24) is 9.97 Å². The van der Waals surface area contributed by atoms with Gasteiger partial charge in [-0.15, -0.1) is 0 Å². The molecule has 0 aliphatic rings. The molecule has 0 aliphatic carbocycles. The maximum absolute atomic E-state index is 11.8. The number of rotatable bonds is 4. The van der Waals surface area contributed by atoms with E-state index in [1.165, 1.54) is 6.33 Å². The molecule has 0 N–H and O–H groups in total. The molecule has 0 bridgehead atoms. The first kappa shape index (κ1) is 15.5. The number of aromatic nitrogens is 2. The average molecular weight is 303 g/mol. The fraction of sp³-hybridized carbons (Fsp3) is 0.267.